The van der Waals surface area contributed by atoms with Crippen molar-refractivity contribution in [1.82, 2.24) is 4.90 Å². The minimum atomic E-state index is 0.872. The van der Waals surface area contributed by atoms with E-state index in [9.17, 15) is 0 Å². The van der Waals surface area contributed by atoms with E-state index < -0.39 is 0 Å². The Morgan fingerprint density at radius 1 is 0.632 bits per heavy atom. The van der Waals surface area contributed by atoms with Gasteiger partial charge in [0.15, 0.2) is 0 Å². The molecule has 0 bridgehead atoms. The largest absolute Gasteiger partial charge is 0.330 e. The molecule has 0 unspecified atom stereocenters. The van der Waals surface area contributed by atoms with Gasteiger partial charge in [0.25, 0.3) is 0 Å². The number of nitrogens with two attached hydrogens (primary N) is 1. The van der Waals surface area contributed by atoms with Crippen LogP contribution in [0.1, 0.15) is 84.5 Å². The van der Waals surface area contributed by atoms with Crippen LogP contribution in [-0.2, 0) is 0 Å². The Hall–Kier alpha value is -0.0800. The summed E-state index contributed by atoms with van der Waals surface area (Å²) in [6.07, 6.45) is 15.2. The molecule has 19 heavy (non-hydrogen) atoms. The van der Waals surface area contributed by atoms with Crippen molar-refractivity contribution in [2.24, 2.45) is 5.73 Å². The van der Waals surface area contributed by atoms with Gasteiger partial charge in [0.1, 0.15) is 0 Å². The van der Waals surface area contributed by atoms with Crippen LogP contribution in [0.3, 0.4) is 0 Å². The number of nitrogens with zero attached hydrogens (tertiary/aromatic N) is 1. The third kappa shape index (κ3) is 27.2. The van der Waals surface area contributed by atoms with Gasteiger partial charge in [0.05, 0.1) is 0 Å². The van der Waals surface area contributed by atoms with E-state index in [0.29, 0.717) is 0 Å². The average molecular weight is 273 g/mol. The molecule has 0 aliphatic rings. The molecule has 2 N–H and O–H groups in total. The minimum absolute atomic E-state index is 0.872. The topological polar surface area (TPSA) is 29.3 Å². The third-order valence-electron chi connectivity index (χ3n) is 3.23. The average Bonchev–Trinajstić information content (AvgIpc) is 2.37. The van der Waals surface area contributed by atoms with Crippen LogP contribution in [0.15, 0.2) is 0 Å². The maximum absolute atomic E-state index is 5.42. The molecular formula is C17H40N2. The predicted octanol–water partition coefficient (Wildman–Crippen LogP) is 4.82. The fourth-order valence-corrected chi connectivity index (χ4v) is 2.08. The zero-order chi connectivity index (χ0) is 14.8. The normalized spacial score (nSPS) is 10.4. The lowest BCUT2D eigenvalue weighted by Crippen LogP contribution is -2.11. The molecule has 0 heterocycles. The fourth-order valence-electron chi connectivity index (χ4n) is 2.08. The van der Waals surface area contributed by atoms with Gasteiger partial charge >= 0.3 is 0 Å². The third-order valence-corrected chi connectivity index (χ3v) is 3.23. The second kappa shape index (κ2) is 20.2. The Balaban J connectivity index is 0. The highest BCUT2D eigenvalue weighted by Gasteiger charge is 1.91. The molecule has 0 amide bonds. The number of hydrogen-bond donors (Lipinski definition) is 1. The van der Waals surface area contributed by atoms with Crippen LogP contribution in [0.2, 0.25) is 0 Å². The van der Waals surface area contributed by atoms with Crippen molar-refractivity contribution >= 4 is 0 Å². The molecule has 2 heteroatoms. The second-order valence-corrected chi connectivity index (χ2v) is 5.77. The molecule has 0 saturated heterocycles. The first-order valence-electron chi connectivity index (χ1n) is 8.53. The Bertz CT molecular complexity index is 125. The predicted molar refractivity (Wildman–Crippen MR) is 89.7 cm³/mol. The van der Waals surface area contributed by atoms with Gasteiger partial charge in [0.2, 0.25) is 0 Å². The molecule has 0 saturated carbocycles. The minimum Gasteiger partial charge on any atom is -0.330 e. The van der Waals surface area contributed by atoms with E-state index in [4.69, 9.17) is 5.73 Å². The first kappa shape index (κ1) is 21.2. The highest BCUT2D eigenvalue weighted by Crippen LogP contribution is 2.09. The van der Waals surface area contributed by atoms with Gasteiger partial charge < -0.3 is 10.6 Å². The van der Waals surface area contributed by atoms with E-state index >= 15 is 0 Å². The van der Waals surface area contributed by atoms with Gasteiger partial charge in [-0.25, -0.2) is 0 Å². The Morgan fingerprint density at radius 3 is 1.32 bits per heavy atom. The molecule has 0 radical (unpaired) electrons. The maximum atomic E-state index is 5.42. The van der Waals surface area contributed by atoms with E-state index in [1.807, 2.05) is 0 Å². The van der Waals surface area contributed by atoms with Crippen molar-refractivity contribution < 1.29 is 0 Å². The number of unbranched alkanes of at least 4 members (excludes halogenated alkanes) is 9. The maximum Gasteiger partial charge on any atom is -0.00275 e. The Kier molecular flexibility index (Phi) is 22.6. The molecule has 0 aliphatic carbocycles. The molecule has 0 atom stereocenters. The summed E-state index contributed by atoms with van der Waals surface area (Å²) in [4.78, 5) is 2.18. The Labute approximate surface area is 123 Å². The summed E-state index contributed by atoms with van der Waals surface area (Å²) in [5.41, 5.74) is 5.42. The van der Waals surface area contributed by atoms with Crippen LogP contribution in [0.5, 0.6) is 0 Å². The molecule has 0 rings (SSSR count). The summed E-state index contributed by atoms with van der Waals surface area (Å²) in [5.74, 6) is 0. The lowest BCUT2D eigenvalue weighted by Gasteiger charge is -2.03. The molecule has 0 aliphatic heterocycles. The van der Waals surface area contributed by atoms with E-state index in [2.05, 4.69) is 32.8 Å². The van der Waals surface area contributed by atoms with E-state index in [-0.39, 0.29) is 0 Å². The molecule has 0 fully saturated rings. The highest BCUT2D eigenvalue weighted by atomic mass is 15.0. The standard InChI is InChI=1S/C12H27N.C5H13N/c1-2-3-4-5-6-7-8-9-10-11-12-13;1-4-5-6(2)3/h2-13H2,1H3;4-5H2,1-3H3. The van der Waals surface area contributed by atoms with E-state index in [1.165, 1.54) is 77.2 Å². The van der Waals surface area contributed by atoms with Gasteiger partial charge in [-0.1, -0.05) is 71.6 Å². The van der Waals surface area contributed by atoms with Crippen LogP contribution < -0.4 is 5.73 Å². The molecule has 2 nitrogen and oxygen atoms in total. The first-order chi connectivity index (χ1) is 9.18. The number of rotatable bonds is 12. The molecule has 0 aromatic heterocycles. The zero-order valence-electron chi connectivity index (χ0n) is 14.2. The summed E-state index contributed by atoms with van der Waals surface area (Å²) in [6.45, 7) is 6.53. The summed E-state index contributed by atoms with van der Waals surface area (Å²) in [5, 5.41) is 0. The number of hydrogen-bond acceptors (Lipinski definition) is 2. The molecule has 118 valence electrons. The van der Waals surface area contributed by atoms with E-state index in [1.54, 1.807) is 0 Å². The van der Waals surface area contributed by atoms with Crippen LogP contribution in [-0.4, -0.2) is 32.1 Å². The van der Waals surface area contributed by atoms with Crippen LogP contribution in [0, 0.1) is 0 Å². The molecular weight excluding hydrogens is 232 g/mol. The van der Waals surface area contributed by atoms with Gasteiger partial charge in [-0.05, 0) is 40.0 Å². The fraction of sp³-hybridized carbons (Fsp3) is 1.00. The van der Waals surface area contributed by atoms with Gasteiger partial charge in [-0.15, -0.1) is 0 Å². The van der Waals surface area contributed by atoms with Gasteiger partial charge in [-0.3, -0.25) is 0 Å². The summed E-state index contributed by atoms with van der Waals surface area (Å²) >= 11 is 0. The SMILES string of the molecule is CCCCCCCCCCCCN.CCCN(C)C. The van der Waals surface area contributed by atoms with Crippen LogP contribution in [0.25, 0.3) is 0 Å². The highest BCUT2D eigenvalue weighted by molar-refractivity contribution is 4.47. The summed E-state index contributed by atoms with van der Waals surface area (Å²) in [6, 6.07) is 0. The molecule has 0 spiro atoms. The van der Waals surface area contributed by atoms with Crippen LogP contribution in [0.4, 0.5) is 0 Å². The van der Waals surface area contributed by atoms with Crippen molar-refractivity contribution in [3.05, 3.63) is 0 Å². The molecule has 0 aromatic carbocycles. The lowest BCUT2D eigenvalue weighted by atomic mass is 10.1. The van der Waals surface area contributed by atoms with E-state index in [0.717, 1.165) is 6.54 Å². The van der Waals surface area contributed by atoms with Crippen molar-refractivity contribution in [1.29, 1.82) is 0 Å². The lowest BCUT2D eigenvalue weighted by molar-refractivity contribution is 0.408. The second-order valence-electron chi connectivity index (χ2n) is 5.77. The first-order valence-corrected chi connectivity index (χ1v) is 8.53. The monoisotopic (exact) mass is 272 g/mol. The summed E-state index contributed by atoms with van der Waals surface area (Å²) < 4.78 is 0. The molecule has 0 aromatic rings. The van der Waals surface area contributed by atoms with Gasteiger partial charge in [0, 0.05) is 0 Å². The Morgan fingerprint density at radius 2 is 1.05 bits per heavy atom. The summed E-state index contributed by atoms with van der Waals surface area (Å²) in [7, 11) is 4.17. The van der Waals surface area contributed by atoms with Crippen LogP contribution >= 0.6 is 0 Å². The van der Waals surface area contributed by atoms with Gasteiger partial charge in [-0.2, -0.15) is 0 Å². The van der Waals surface area contributed by atoms with Crippen molar-refractivity contribution in [2.75, 3.05) is 27.2 Å². The smallest absolute Gasteiger partial charge is 0.00275 e. The van der Waals surface area contributed by atoms with Crippen molar-refractivity contribution in [3.63, 3.8) is 0 Å². The van der Waals surface area contributed by atoms with Crippen molar-refractivity contribution in [2.45, 2.75) is 84.5 Å². The quantitative estimate of drug-likeness (QED) is 0.516. The van der Waals surface area contributed by atoms with Crippen molar-refractivity contribution in [3.8, 4) is 0 Å². The zero-order valence-corrected chi connectivity index (χ0v) is 14.2.